The van der Waals surface area contributed by atoms with E-state index >= 15 is 0 Å². The molecule has 3 heterocycles. The first-order chi connectivity index (χ1) is 9.13. The zero-order chi connectivity index (χ0) is 13.4. The predicted molar refractivity (Wildman–Crippen MR) is 74.1 cm³/mol. The van der Waals surface area contributed by atoms with Gasteiger partial charge in [-0.2, -0.15) is 5.10 Å². The molecule has 0 aromatic carbocycles. The van der Waals surface area contributed by atoms with Crippen LogP contribution in [0.4, 0.5) is 0 Å². The molecule has 0 fully saturated rings. The zero-order valence-electron chi connectivity index (χ0n) is 10.8. The minimum atomic E-state index is 0.404. The van der Waals surface area contributed by atoms with E-state index in [1.807, 2.05) is 16.9 Å². The summed E-state index contributed by atoms with van der Waals surface area (Å²) < 4.78 is 3.66. The lowest BCUT2D eigenvalue weighted by atomic mass is 10.2. The third kappa shape index (κ3) is 2.33. The monoisotopic (exact) mass is 275 g/mol. The SMILES string of the molecule is CC(C)Cn1cc(-c2cc3nccn3c(Cl)n2)cn1. The van der Waals surface area contributed by atoms with E-state index in [0.29, 0.717) is 11.2 Å². The van der Waals surface area contributed by atoms with Gasteiger partial charge in [-0.3, -0.25) is 9.08 Å². The molecule has 3 aromatic heterocycles. The second-order valence-corrected chi connectivity index (χ2v) is 5.25. The molecule has 0 N–H and O–H groups in total. The van der Waals surface area contributed by atoms with Gasteiger partial charge in [-0.05, 0) is 17.5 Å². The summed E-state index contributed by atoms with van der Waals surface area (Å²) in [4.78, 5) is 8.60. The summed E-state index contributed by atoms with van der Waals surface area (Å²) in [6, 6.07) is 1.91. The van der Waals surface area contributed by atoms with E-state index in [1.165, 1.54) is 0 Å². The van der Waals surface area contributed by atoms with Gasteiger partial charge in [-0.15, -0.1) is 0 Å². The van der Waals surface area contributed by atoms with Gasteiger partial charge in [-0.25, -0.2) is 9.97 Å². The highest BCUT2D eigenvalue weighted by Crippen LogP contribution is 2.21. The molecule has 3 aromatic rings. The number of nitrogens with zero attached hydrogens (tertiary/aromatic N) is 5. The summed E-state index contributed by atoms with van der Waals surface area (Å²) in [7, 11) is 0. The van der Waals surface area contributed by atoms with Crippen molar-refractivity contribution in [3.8, 4) is 11.3 Å². The van der Waals surface area contributed by atoms with Crippen LogP contribution in [-0.4, -0.2) is 24.1 Å². The van der Waals surface area contributed by atoms with Crippen LogP contribution in [0.5, 0.6) is 0 Å². The average molecular weight is 276 g/mol. The average Bonchev–Trinajstić information content (AvgIpc) is 2.96. The van der Waals surface area contributed by atoms with E-state index in [4.69, 9.17) is 11.6 Å². The van der Waals surface area contributed by atoms with Crippen LogP contribution in [-0.2, 0) is 6.54 Å². The van der Waals surface area contributed by atoms with Crippen molar-refractivity contribution >= 4 is 17.2 Å². The van der Waals surface area contributed by atoms with Crippen molar-refractivity contribution < 1.29 is 0 Å². The number of hydrogen-bond donors (Lipinski definition) is 0. The Morgan fingerprint density at radius 1 is 1.37 bits per heavy atom. The first-order valence-electron chi connectivity index (χ1n) is 6.16. The molecule has 0 aliphatic heterocycles. The van der Waals surface area contributed by atoms with Crippen molar-refractivity contribution in [2.24, 2.45) is 5.92 Å². The van der Waals surface area contributed by atoms with E-state index < -0.39 is 0 Å². The maximum atomic E-state index is 6.13. The van der Waals surface area contributed by atoms with Gasteiger partial charge in [0, 0.05) is 36.8 Å². The summed E-state index contributed by atoms with van der Waals surface area (Å²) >= 11 is 6.13. The number of aromatic nitrogens is 5. The van der Waals surface area contributed by atoms with Crippen LogP contribution in [0.2, 0.25) is 5.28 Å². The molecule has 0 saturated carbocycles. The Balaban J connectivity index is 2.01. The van der Waals surface area contributed by atoms with E-state index in [0.717, 1.165) is 23.4 Å². The van der Waals surface area contributed by atoms with Crippen molar-refractivity contribution in [1.82, 2.24) is 24.1 Å². The van der Waals surface area contributed by atoms with E-state index in [-0.39, 0.29) is 0 Å². The summed E-state index contributed by atoms with van der Waals surface area (Å²) in [5, 5.41) is 4.74. The van der Waals surface area contributed by atoms with Crippen LogP contribution in [0.1, 0.15) is 13.8 Å². The molecule has 0 radical (unpaired) electrons. The Hall–Kier alpha value is -1.88. The number of hydrogen-bond acceptors (Lipinski definition) is 3. The Labute approximate surface area is 115 Å². The molecule has 0 amide bonds. The van der Waals surface area contributed by atoms with E-state index in [9.17, 15) is 0 Å². The number of rotatable bonds is 3. The quantitative estimate of drug-likeness (QED) is 0.691. The minimum Gasteiger partial charge on any atom is -0.274 e. The molecule has 0 unspecified atom stereocenters. The Morgan fingerprint density at radius 2 is 2.21 bits per heavy atom. The van der Waals surface area contributed by atoms with Gasteiger partial charge in [-0.1, -0.05) is 13.8 Å². The highest BCUT2D eigenvalue weighted by atomic mass is 35.5. The Morgan fingerprint density at radius 3 is 3.00 bits per heavy atom. The first kappa shape index (κ1) is 12.2. The van der Waals surface area contributed by atoms with Crippen LogP contribution >= 0.6 is 11.6 Å². The number of halogens is 1. The zero-order valence-corrected chi connectivity index (χ0v) is 11.5. The largest absolute Gasteiger partial charge is 0.274 e. The molecule has 3 rings (SSSR count). The smallest absolute Gasteiger partial charge is 0.209 e. The number of imidazole rings is 1. The lowest BCUT2D eigenvalue weighted by molar-refractivity contribution is 0.483. The fraction of sp³-hybridized carbons (Fsp3) is 0.308. The fourth-order valence-corrected chi connectivity index (χ4v) is 2.24. The highest BCUT2D eigenvalue weighted by molar-refractivity contribution is 6.28. The molecule has 0 atom stereocenters. The maximum absolute atomic E-state index is 6.13. The predicted octanol–water partition coefficient (Wildman–Crippen LogP) is 2.90. The molecule has 98 valence electrons. The lowest BCUT2D eigenvalue weighted by Gasteiger charge is -2.03. The maximum Gasteiger partial charge on any atom is 0.209 e. The summed E-state index contributed by atoms with van der Waals surface area (Å²) in [5.74, 6) is 0.555. The Kier molecular flexibility index (Phi) is 2.98. The molecule has 6 heteroatoms. The third-order valence-electron chi connectivity index (χ3n) is 2.83. The summed E-state index contributed by atoms with van der Waals surface area (Å²) in [6.07, 6.45) is 7.28. The molecule has 19 heavy (non-hydrogen) atoms. The molecular weight excluding hydrogens is 262 g/mol. The minimum absolute atomic E-state index is 0.404. The summed E-state index contributed by atoms with van der Waals surface area (Å²) in [5.41, 5.74) is 2.53. The topological polar surface area (TPSA) is 48.0 Å². The Bertz CT molecular complexity index is 713. The lowest BCUT2D eigenvalue weighted by Crippen LogP contribution is -2.04. The van der Waals surface area contributed by atoms with Gasteiger partial charge in [0.05, 0.1) is 11.9 Å². The van der Waals surface area contributed by atoms with Gasteiger partial charge >= 0.3 is 0 Å². The second-order valence-electron chi connectivity index (χ2n) is 4.91. The van der Waals surface area contributed by atoms with Gasteiger partial charge in [0.25, 0.3) is 0 Å². The van der Waals surface area contributed by atoms with Crippen molar-refractivity contribution in [1.29, 1.82) is 0 Å². The van der Waals surface area contributed by atoms with Crippen molar-refractivity contribution in [3.63, 3.8) is 0 Å². The highest BCUT2D eigenvalue weighted by Gasteiger charge is 2.09. The first-order valence-corrected chi connectivity index (χ1v) is 6.53. The van der Waals surface area contributed by atoms with E-state index in [1.54, 1.807) is 23.0 Å². The van der Waals surface area contributed by atoms with Gasteiger partial charge < -0.3 is 0 Å². The number of fused-ring (bicyclic) bond motifs is 1. The van der Waals surface area contributed by atoms with Crippen LogP contribution in [0.15, 0.2) is 30.9 Å². The molecule has 0 bridgehead atoms. The van der Waals surface area contributed by atoms with Crippen molar-refractivity contribution in [2.45, 2.75) is 20.4 Å². The van der Waals surface area contributed by atoms with Gasteiger partial charge in [0.1, 0.15) is 5.65 Å². The van der Waals surface area contributed by atoms with Crippen LogP contribution in [0, 0.1) is 5.92 Å². The van der Waals surface area contributed by atoms with Crippen molar-refractivity contribution in [3.05, 3.63) is 36.1 Å². The molecule has 0 saturated heterocycles. The molecule has 0 aliphatic carbocycles. The third-order valence-corrected chi connectivity index (χ3v) is 3.09. The van der Waals surface area contributed by atoms with Gasteiger partial charge in [0.15, 0.2) is 0 Å². The van der Waals surface area contributed by atoms with Crippen LogP contribution < -0.4 is 0 Å². The summed E-state index contributed by atoms with van der Waals surface area (Å²) in [6.45, 7) is 5.21. The second kappa shape index (κ2) is 4.66. The van der Waals surface area contributed by atoms with Crippen LogP contribution in [0.25, 0.3) is 16.9 Å². The molecule has 0 spiro atoms. The molecule has 0 aliphatic rings. The van der Waals surface area contributed by atoms with Crippen molar-refractivity contribution in [2.75, 3.05) is 0 Å². The van der Waals surface area contributed by atoms with Gasteiger partial charge in [0.2, 0.25) is 5.28 Å². The standard InChI is InChI=1S/C13H14ClN5/c1-9(2)7-18-8-10(6-16-18)11-5-12-15-3-4-19(12)13(14)17-11/h3-6,8-9H,7H2,1-2H3. The normalized spacial score (nSPS) is 11.6. The van der Waals surface area contributed by atoms with E-state index in [2.05, 4.69) is 28.9 Å². The fourth-order valence-electron chi connectivity index (χ4n) is 2.00. The molecule has 5 nitrogen and oxygen atoms in total. The van der Waals surface area contributed by atoms with Crippen LogP contribution in [0.3, 0.4) is 0 Å². The molecular formula is C13H14ClN5.